The summed E-state index contributed by atoms with van der Waals surface area (Å²) in [5.74, 6) is -0.181. The van der Waals surface area contributed by atoms with Gasteiger partial charge in [-0.15, -0.1) is 0 Å². The molecule has 0 spiro atoms. The number of hydrogen-bond donors (Lipinski definition) is 1. The van der Waals surface area contributed by atoms with Gasteiger partial charge in [0.25, 0.3) is 5.91 Å². The summed E-state index contributed by atoms with van der Waals surface area (Å²) in [6.45, 7) is 2.69. The SMILES string of the molecule is CC1(C(=O)NC2CCCCCC2)Cn2c(cc3ccccc32)C(=O)N1Cc1cccnc1. The van der Waals surface area contributed by atoms with Crippen LogP contribution in [0.2, 0.25) is 0 Å². The normalized spacial score (nSPS) is 21.9. The predicted molar refractivity (Wildman–Crippen MR) is 124 cm³/mol. The molecule has 1 fully saturated rings. The van der Waals surface area contributed by atoms with E-state index >= 15 is 0 Å². The maximum absolute atomic E-state index is 13.8. The van der Waals surface area contributed by atoms with E-state index in [9.17, 15) is 9.59 Å². The van der Waals surface area contributed by atoms with Crippen molar-refractivity contribution >= 4 is 22.7 Å². The molecule has 166 valence electrons. The van der Waals surface area contributed by atoms with E-state index in [4.69, 9.17) is 0 Å². The van der Waals surface area contributed by atoms with Gasteiger partial charge in [-0.3, -0.25) is 14.6 Å². The molecule has 0 bridgehead atoms. The summed E-state index contributed by atoms with van der Waals surface area (Å²) in [6, 6.07) is 13.9. The van der Waals surface area contributed by atoms with Gasteiger partial charge >= 0.3 is 0 Å². The Balaban J connectivity index is 1.53. The molecule has 6 heteroatoms. The van der Waals surface area contributed by atoms with Gasteiger partial charge in [0.05, 0.1) is 6.54 Å². The van der Waals surface area contributed by atoms with Crippen LogP contribution in [-0.4, -0.2) is 37.8 Å². The lowest BCUT2D eigenvalue weighted by Crippen LogP contribution is -2.64. The van der Waals surface area contributed by atoms with E-state index in [0.29, 0.717) is 18.8 Å². The van der Waals surface area contributed by atoms with Crippen LogP contribution >= 0.6 is 0 Å². The standard InChI is InChI=1S/C26H30N4O2/c1-26(25(32)28-21-11-4-2-3-5-12-21)18-29-22-13-7-6-10-20(22)15-23(29)24(31)30(26)17-19-9-8-14-27-16-19/h6-10,13-16,21H,2-5,11-12,17-18H2,1H3,(H,28,32). The maximum atomic E-state index is 13.8. The largest absolute Gasteiger partial charge is 0.351 e. The van der Waals surface area contributed by atoms with Crippen LogP contribution in [0, 0.1) is 0 Å². The van der Waals surface area contributed by atoms with Crippen molar-refractivity contribution in [3.05, 3.63) is 66.1 Å². The van der Waals surface area contributed by atoms with E-state index < -0.39 is 5.54 Å². The third-order valence-electron chi connectivity index (χ3n) is 7.08. The summed E-state index contributed by atoms with van der Waals surface area (Å²) in [5, 5.41) is 4.33. The van der Waals surface area contributed by atoms with E-state index in [-0.39, 0.29) is 17.9 Å². The minimum Gasteiger partial charge on any atom is -0.351 e. The minimum absolute atomic E-state index is 0.0647. The zero-order chi connectivity index (χ0) is 22.1. The van der Waals surface area contributed by atoms with Gasteiger partial charge in [0.2, 0.25) is 5.91 Å². The first kappa shape index (κ1) is 20.7. The molecule has 1 N–H and O–H groups in total. The first-order valence-electron chi connectivity index (χ1n) is 11.7. The number of rotatable bonds is 4. The Kier molecular flexibility index (Phi) is 5.45. The molecule has 2 aromatic heterocycles. The predicted octanol–water partition coefficient (Wildman–Crippen LogP) is 4.29. The van der Waals surface area contributed by atoms with Crippen LogP contribution in [0.15, 0.2) is 54.9 Å². The topological polar surface area (TPSA) is 67.2 Å². The second-order valence-corrected chi connectivity index (χ2v) is 9.36. The van der Waals surface area contributed by atoms with Crippen LogP contribution in [0.25, 0.3) is 10.9 Å². The quantitative estimate of drug-likeness (QED) is 0.628. The summed E-state index contributed by atoms with van der Waals surface area (Å²) in [7, 11) is 0. The average molecular weight is 431 g/mol. The molecular formula is C26H30N4O2. The second kappa shape index (κ2) is 8.41. The molecule has 1 saturated carbocycles. The van der Waals surface area contributed by atoms with Crippen molar-refractivity contribution in [2.75, 3.05) is 0 Å². The van der Waals surface area contributed by atoms with Gasteiger partial charge < -0.3 is 14.8 Å². The molecule has 1 unspecified atom stereocenters. The summed E-state index contributed by atoms with van der Waals surface area (Å²) in [4.78, 5) is 33.5. The minimum atomic E-state index is -0.992. The fraction of sp³-hybridized carbons (Fsp3) is 0.423. The van der Waals surface area contributed by atoms with Gasteiger partial charge in [-0.25, -0.2) is 0 Å². The van der Waals surface area contributed by atoms with E-state index in [1.54, 1.807) is 17.3 Å². The van der Waals surface area contributed by atoms with E-state index in [1.807, 2.05) is 54.0 Å². The molecule has 32 heavy (non-hydrogen) atoms. The molecule has 0 radical (unpaired) electrons. The number of carbonyl (C=O) groups excluding carboxylic acids is 2. The number of amides is 2. The van der Waals surface area contributed by atoms with Gasteiger partial charge in [-0.05, 0) is 43.5 Å². The molecule has 3 aromatic rings. The Morgan fingerprint density at radius 3 is 2.66 bits per heavy atom. The summed E-state index contributed by atoms with van der Waals surface area (Å²) in [5.41, 5.74) is 1.55. The van der Waals surface area contributed by atoms with E-state index in [0.717, 1.165) is 42.1 Å². The number of nitrogens with zero attached hydrogens (tertiary/aromatic N) is 3. The number of nitrogens with one attached hydrogen (secondary N) is 1. The molecule has 0 saturated heterocycles. The zero-order valence-electron chi connectivity index (χ0n) is 18.6. The molecule has 2 amide bonds. The fourth-order valence-electron chi connectivity index (χ4n) is 5.19. The average Bonchev–Trinajstić information content (AvgIpc) is 2.98. The Labute approximate surface area is 188 Å². The number of carbonyl (C=O) groups is 2. The molecule has 6 nitrogen and oxygen atoms in total. The lowest BCUT2D eigenvalue weighted by atomic mass is 9.93. The smallest absolute Gasteiger partial charge is 0.271 e. The van der Waals surface area contributed by atoms with Crippen LogP contribution in [0.4, 0.5) is 0 Å². The monoisotopic (exact) mass is 430 g/mol. The lowest BCUT2D eigenvalue weighted by molar-refractivity contribution is -0.134. The van der Waals surface area contributed by atoms with Crippen molar-refractivity contribution in [2.24, 2.45) is 0 Å². The van der Waals surface area contributed by atoms with Crippen LogP contribution in [-0.2, 0) is 17.9 Å². The molecule has 1 aliphatic carbocycles. The van der Waals surface area contributed by atoms with Gasteiger partial charge in [0.1, 0.15) is 11.2 Å². The van der Waals surface area contributed by atoms with Crippen molar-refractivity contribution < 1.29 is 9.59 Å². The van der Waals surface area contributed by atoms with Gasteiger partial charge in [-0.1, -0.05) is 49.9 Å². The summed E-state index contributed by atoms with van der Waals surface area (Å²) >= 11 is 0. The first-order chi connectivity index (χ1) is 15.6. The lowest BCUT2D eigenvalue weighted by Gasteiger charge is -2.44. The number of hydrogen-bond acceptors (Lipinski definition) is 3. The van der Waals surface area contributed by atoms with Crippen LogP contribution in [0.3, 0.4) is 0 Å². The number of fused-ring (bicyclic) bond motifs is 3. The maximum Gasteiger partial charge on any atom is 0.271 e. The van der Waals surface area contributed by atoms with E-state index in [2.05, 4.69) is 10.3 Å². The molecule has 1 atom stereocenters. The van der Waals surface area contributed by atoms with Crippen molar-refractivity contribution in [1.29, 1.82) is 0 Å². The van der Waals surface area contributed by atoms with E-state index in [1.165, 1.54) is 12.8 Å². The molecule has 2 aliphatic rings. The van der Waals surface area contributed by atoms with Crippen molar-refractivity contribution in [1.82, 2.24) is 19.8 Å². The number of para-hydroxylation sites is 1. The Morgan fingerprint density at radius 2 is 1.91 bits per heavy atom. The van der Waals surface area contributed by atoms with Crippen LogP contribution < -0.4 is 5.32 Å². The highest BCUT2D eigenvalue weighted by Crippen LogP contribution is 2.34. The van der Waals surface area contributed by atoms with Gasteiger partial charge in [0.15, 0.2) is 0 Å². The molecule has 1 aromatic carbocycles. The number of aromatic nitrogens is 2. The molecule has 3 heterocycles. The van der Waals surface area contributed by atoms with Crippen molar-refractivity contribution in [3.8, 4) is 0 Å². The highest BCUT2D eigenvalue weighted by Gasteiger charge is 2.48. The van der Waals surface area contributed by atoms with Gasteiger partial charge in [0, 0.05) is 35.9 Å². The van der Waals surface area contributed by atoms with Crippen LogP contribution in [0.5, 0.6) is 0 Å². The summed E-state index contributed by atoms with van der Waals surface area (Å²) < 4.78 is 2.02. The Bertz CT molecular complexity index is 1130. The number of pyridine rings is 1. The highest BCUT2D eigenvalue weighted by molar-refractivity contribution is 6.03. The Hall–Kier alpha value is -3.15. The second-order valence-electron chi connectivity index (χ2n) is 9.36. The Morgan fingerprint density at radius 1 is 1.12 bits per heavy atom. The third-order valence-corrected chi connectivity index (χ3v) is 7.08. The number of benzene rings is 1. The first-order valence-corrected chi connectivity index (χ1v) is 11.7. The molecule has 1 aliphatic heterocycles. The van der Waals surface area contributed by atoms with Crippen molar-refractivity contribution in [3.63, 3.8) is 0 Å². The van der Waals surface area contributed by atoms with Crippen molar-refractivity contribution in [2.45, 2.75) is 70.1 Å². The molecular weight excluding hydrogens is 400 g/mol. The zero-order valence-corrected chi connectivity index (χ0v) is 18.6. The molecule has 5 rings (SSSR count). The fourth-order valence-corrected chi connectivity index (χ4v) is 5.19. The highest BCUT2D eigenvalue weighted by atomic mass is 16.2. The third kappa shape index (κ3) is 3.68. The summed E-state index contributed by atoms with van der Waals surface area (Å²) in [6.07, 6.45) is 10.3. The van der Waals surface area contributed by atoms with Crippen LogP contribution in [0.1, 0.15) is 61.5 Å². The van der Waals surface area contributed by atoms with Gasteiger partial charge in [-0.2, -0.15) is 0 Å².